The first-order valence-electron chi connectivity index (χ1n) is 5.98. The number of hydrogen-bond donors (Lipinski definition) is 0. The second-order valence-electron chi connectivity index (χ2n) is 4.56. The van der Waals surface area contributed by atoms with Gasteiger partial charge >= 0.3 is 12.4 Å². The summed E-state index contributed by atoms with van der Waals surface area (Å²) in [4.78, 5) is 0. The molecule has 0 amide bonds. The van der Waals surface area contributed by atoms with E-state index in [1.165, 1.54) is 0 Å². The first kappa shape index (κ1) is 16.2. The maximum Gasteiger partial charge on any atom is 0.411 e. The van der Waals surface area contributed by atoms with Crippen molar-refractivity contribution >= 4 is 0 Å². The SMILES string of the molecule is [O]c1ccc(C(c2cc[c]cc2)(C(F)(F)F)C(F)(F)F)cc1. The van der Waals surface area contributed by atoms with Gasteiger partial charge in [0.25, 0.3) is 0 Å². The highest BCUT2D eigenvalue weighted by molar-refractivity contribution is 5.45. The van der Waals surface area contributed by atoms with E-state index in [2.05, 4.69) is 6.07 Å². The van der Waals surface area contributed by atoms with Crippen LogP contribution in [0.25, 0.3) is 0 Å². The molecule has 2 rings (SSSR count). The Morgan fingerprint density at radius 2 is 1.09 bits per heavy atom. The first-order valence-corrected chi connectivity index (χ1v) is 5.98. The van der Waals surface area contributed by atoms with E-state index in [1.807, 2.05) is 0 Å². The Balaban J connectivity index is 2.86. The molecule has 0 aliphatic carbocycles. The predicted octanol–water partition coefficient (Wildman–Crippen LogP) is 5.04. The normalized spacial score (nSPS) is 13.2. The zero-order chi connectivity index (χ0) is 16.6. The van der Waals surface area contributed by atoms with Gasteiger partial charge in [0.15, 0.2) is 5.75 Å². The van der Waals surface area contributed by atoms with Gasteiger partial charge in [-0.15, -0.1) is 0 Å². The summed E-state index contributed by atoms with van der Waals surface area (Å²) in [6.45, 7) is 0. The van der Waals surface area contributed by atoms with Crippen LogP contribution in [-0.2, 0) is 10.5 Å². The zero-order valence-electron chi connectivity index (χ0n) is 10.8. The molecule has 116 valence electrons. The van der Waals surface area contributed by atoms with Crippen molar-refractivity contribution in [1.29, 1.82) is 0 Å². The van der Waals surface area contributed by atoms with E-state index in [9.17, 15) is 31.4 Å². The minimum Gasteiger partial charge on any atom is -0.290 e. The average molecular weight is 318 g/mol. The van der Waals surface area contributed by atoms with Crippen LogP contribution in [0.15, 0.2) is 48.5 Å². The molecule has 0 bridgehead atoms. The Labute approximate surface area is 121 Å². The van der Waals surface area contributed by atoms with Gasteiger partial charge in [0.1, 0.15) is 0 Å². The molecule has 0 aliphatic rings. The van der Waals surface area contributed by atoms with Crippen LogP contribution >= 0.6 is 0 Å². The Kier molecular flexibility index (Phi) is 3.85. The molecule has 2 radical (unpaired) electrons. The third kappa shape index (κ3) is 2.40. The summed E-state index contributed by atoms with van der Waals surface area (Å²) in [6, 6.07) is 8.23. The molecule has 2 aromatic carbocycles. The minimum atomic E-state index is -5.64. The standard InChI is InChI=1S/C15H8F6O/c16-14(17,18)13(15(19,20)21,10-4-2-1-3-5-10)11-6-8-12(22)9-7-11/h2-9H. The maximum atomic E-state index is 13.5. The molecular formula is C15H8F6O. The van der Waals surface area contributed by atoms with Crippen molar-refractivity contribution in [3.63, 3.8) is 0 Å². The molecule has 0 saturated heterocycles. The number of hydrogen-bond acceptors (Lipinski definition) is 0. The lowest BCUT2D eigenvalue weighted by Gasteiger charge is -2.38. The fourth-order valence-electron chi connectivity index (χ4n) is 2.32. The molecule has 0 aliphatic heterocycles. The maximum absolute atomic E-state index is 13.5. The summed E-state index contributed by atoms with van der Waals surface area (Å²) in [7, 11) is 0. The van der Waals surface area contributed by atoms with Crippen molar-refractivity contribution in [3.8, 4) is 5.75 Å². The smallest absolute Gasteiger partial charge is 0.290 e. The van der Waals surface area contributed by atoms with Gasteiger partial charge in [-0.25, -0.2) is 0 Å². The Hall–Kier alpha value is -2.18. The van der Waals surface area contributed by atoms with Crippen molar-refractivity contribution in [2.24, 2.45) is 0 Å². The van der Waals surface area contributed by atoms with E-state index in [1.54, 1.807) is 0 Å². The van der Waals surface area contributed by atoms with E-state index in [4.69, 9.17) is 0 Å². The lowest BCUT2D eigenvalue weighted by molar-refractivity contribution is -0.288. The quantitative estimate of drug-likeness (QED) is 0.691. The summed E-state index contributed by atoms with van der Waals surface area (Å²) in [5, 5.41) is 11.0. The highest BCUT2D eigenvalue weighted by Gasteiger charge is 2.72. The van der Waals surface area contributed by atoms with Crippen LogP contribution in [0.5, 0.6) is 5.75 Å². The van der Waals surface area contributed by atoms with Gasteiger partial charge in [0.2, 0.25) is 5.41 Å². The van der Waals surface area contributed by atoms with Crippen LogP contribution in [0.1, 0.15) is 11.1 Å². The molecule has 0 saturated carbocycles. The van der Waals surface area contributed by atoms with Gasteiger partial charge in [-0.3, -0.25) is 5.11 Å². The van der Waals surface area contributed by atoms with E-state index in [0.717, 1.165) is 12.1 Å². The molecule has 22 heavy (non-hydrogen) atoms. The second kappa shape index (κ2) is 5.23. The third-order valence-corrected chi connectivity index (χ3v) is 3.29. The molecule has 0 heterocycles. The van der Waals surface area contributed by atoms with Gasteiger partial charge in [-0.2, -0.15) is 26.3 Å². The van der Waals surface area contributed by atoms with Crippen molar-refractivity contribution in [1.82, 2.24) is 0 Å². The molecule has 0 unspecified atom stereocenters. The molecule has 0 aromatic heterocycles. The third-order valence-electron chi connectivity index (χ3n) is 3.29. The number of rotatable bonds is 2. The van der Waals surface area contributed by atoms with Crippen molar-refractivity contribution < 1.29 is 31.4 Å². The predicted molar refractivity (Wildman–Crippen MR) is 64.7 cm³/mol. The lowest BCUT2D eigenvalue weighted by atomic mass is 9.73. The number of alkyl halides is 6. The van der Waals surface area contributed by atoms with Crippen molar-refractivity contribution in [3.05, 3.63) is 65.7 Å². The van der Waals surface area contributed by atoms with Gasteiger partial charge in [0, 0.05) is 0 Å². The highest BCUT2D eigenvalue weighted by atomic mass is 19.4. The van der Waals surface area contributed by atoms with Crippen molar-refractivity contribution in [2.75, 3.05) is 0 Å². The molecule has 0 atom stereocenters. The summed E-state index contributed by atoms with van der Waals surface area (Å²) in [5.74, 6) is -0.677. The zero-order valence-corrected chi connectivity index (χ0v) is 10.8. The summed E-state index contributed by atoms with van der Waals surface area (Å²) in [6.07, 6.45) is -11.3. The fourth-order valence-corrected chi connectivity index (χ4v) is 2.32. The van der Waals surface area contributed by atoms with Crippen LogP contribution < -0.4 is 0 Å². The van der Waals surface area contributed by atoms with E-state index >= 15 is 0 Å². The summed E-state index contributed by atoms with van der Waals surface area (Å²) in [5.41, 5.74) is -6.24. The molecule has 0 fully saturated rings. The van der Waals surface area contributed by atoms with Gasteiger partial charge < -0.3 is 0 Å². The van der Waals surface area contributed by atoms with Crippen LogP contribution in [0.4, 0.5) is 26.3 Å². The second-order valence-corrected chi connectivity index (χ2v) is 4.56. The summed E-state index contributed by atoms with van der Waals surface area (Å²) < 4.78 is 81.2. The molecule has 7 heteroatoms. The first-order chi connectivity index (χ1) is 10.1. The highest BCUT2D eigenvalue weighted by Crippen LogP contribution is 2.56. The van der Waals surface area contributed by atoms with Crippen LogP contribution in [0.2, 0.25) is 0 Å². The molecule has 1 nitrogen and oxygen atoms in total. The van der Waals surface area contributed by atoms with E-state index in [-0.39, 0.29) is 0 Å². The minimum absolute atomic E-state index is 0.556. The van der Waals surface area contributed by atoms with Crippen molar-refractivity contribution in [2.45, 2.75) is 17.8 Å². The van der Waals surface area contributed by atoms with Gasteiger partial charge in [-0.05, 0) is 29.3 Å². The van der Waals surface area contributed by atoms with Crippen LogP contribution in [-0.4, -0.2) is 12.4 Å². The lowest BCUT2D eigenvalue weighted by Crippen LogP contribution is -2.54. The largest absolute Gasteiger partial charge is 0.411 e. The Morgan fingerprint density at radius 3 is 1.50 bits per heavy atom. The van der Waals surface area contributed by atoms with E-state index in [0.29, 0.717) is 36.4 Å². The molecule has 0 N–H and O–H groups in total. The molecule has 2 aromatic rings. The van der Waals surface area contributed by atoms with Crippen LogP contribution in [0.3, 0.4) is 0 Å². The molecule has 0 spiro atoms. The Morgan fingerprint density at radius 1 is 0.682 bits per heavy atom. The number of halogens is 6. The van der Waals surface area contributed by atoms with Crippen LogP contribution in [0, 0.1) is 6.07 Å². The summed E-state index contributed by atoms with van der Waals surface area (Å²) >= 11 is 0. The van der Waals surface area contributed by atoms with Gasteiger partial charge in [-0.1, -0.05) is 36.4 Å². The number of benzene rings is 2. The molecular weight excluding hydrogens is 310 g/mol. The van der Waals surface area contributed by atoms with Gasteiger partial charge in [0.05, 0.1) is 0 Å². The fraction of sp³-hybridized carbons (Fsp3) is 0.200. The Bertz CT molecular complexity index is 614. The van der Waals surface area contributed by atoms with E-state index < -0.39 is 34.6 Å². The average Bonchev–Trinajstić information content (AvgIpc) is 2.39. The monoisotopic (exact) mass is 318 g/mol. The topological polar surface area (TPSA) is 19.9 Å².